The highest BCUT2D eigenvalue weighted by Crippen LogP contribution is 2.18. The fraction of sp³-hybridized carbons (Fsp3) is 0.462. The highest BCUT2D eigenvalue weighted by molar-refractivity contribution is 7.89. The van der Waals surface area contributed by atoms with E-state index >= 15 is 0 Å². The molecule has 0 radical (unpaired) electrons. The molecule has 1 saturated heterocycles. The fourth-order valence-corrected chi connectivity index (χ4v) is 3.73. The number of hydrogen-bond donors (Lipinski definition) is 4. The molecule has 0 saturated carbocycles. The molecule has 0 spiro atoms. The molecule has 0 amide bonds. The van der Waals surface area contributed by atoms with E-state index in [1.54, 1.807) is 0 Å². The highest BCUT2D eigenvalue weighted by atomic mass is 32.2. The number of fused-ring (bicyclic) bond motifs is 1. The van der Waals surface area contributed by atoms with Crippen molar-refractivity contribution in [2.24, 2.45) is 5.92 Å². The van der Waals surface area contributed by atoms with E-state index < -0.39 is 15.8 Å². The third-order valence-corrected chi connectivity index (χ3v) is 5.46. The third kappa shape index (κ3) is 2.80. The molecule has 2 heterocycles. The predicted octanol–water partition coefficient (Wildman–Crippen LogP) is -0.0996. The Bertz CT molecular complexity index is 831. The molecule has 120 valence electrons. The largest absolute Gasteiger partial charge is 0.417 e. The van der Waals surface area contributed by atoms with Crippen molar-refractivity contribution in [2.75, 3.05) is 6.54 Å². The van der Waals surface area contributed by atoms with Crippen molar-refractivity contribution >= 4 is 21.1 Å². The van der Waals surface area contributed by atoms with Gasteiger partial charge in [0.05, 0.1) is 10.4 Å². The molecule has 1 aliphatic heterocycles. The van der Waals surface area contributed by atoms with Crippen molar-refractivity contribution in [1.82, 2.24) is 20.6 Å². The maximum Gasteiger partial charge on any atom is 0.417 e. The van der Waals surface area contributed by atoms with Gasteiger partial charge >= 0.3 is 5.76 Å². The lowest BCUT2D eigenvalue weighted by atomic mass is 9.97. The molecule has 22 heavy (non-hydrogen) atoms. The van der Waals surface area contributed by atoms with Gasteiger partial charge in [0, 0.05) is 30.6 Å². The first-order valence-electron chi connectivity index (χ1n) is 7.00. The first kappa shape index (κ1) is 15.2. The van der Waals surface area contributed by atoms with E-state index in [4.69, 9.17) is 4.42 Å². The van der Waals surface area contributed by atoms with Gasteiger partial charge in [0.2, 0.25) is 10.0 Å². The minimum absolute atomic E-state index is 0.0713. The van der Waals surface area contributed by atoms with Gasteiger partial charge in [0.25, 0.3) is 0 Å². The average Bonchev–Trinajstić information content (AvgIpc) is 2.98. The van der Waals surface area contributed by atoms with Crippen molar-refractivity contribution in [1.29, 1.82) is 0 Å². The Morgan fingerprint density at radius 2 is 1.91 bits per heavy atom. The van der Waals surface area contributed by atoms with Gasteiger partial charge in [0.15, 0.2) is 5.58 Å². The summed E-state index contributed by atoms with van der Waals surface area (Å²) in [5.41, 5.74) is 6.86. The van der Waals surface area contributed by atoms with Gasteiger partial charge in [-0.1, -0.05) is 0 Å². The molecule has 1 aromatic heterocycles. The van der Waals surface area contributed by atoms with Crippen LogP contribution in [0.2, 0.25) is 0 Å². The Hall–Kier alpha value is -1.68. The summed E-state index contributed by atoms with van der Waals surface area (Å²) in [6, 6.07) is 4.63. The van der Waals surface area contributed by atoms with Crippen molar-refractivity contribution < 1.29 is 12.8 Å². The summed E-state index contributed by atoms with van der Waals surface area (Å²) in [5, 5.41) is 0. The number of aromatic nitrogens is 1. The molecule has 2 unspecified atom stereocenters. The number of aromatic amines is 1. The molecule has 1 fully saturated rings. The van der Waals surface area contributed by atoms with E-state index in [0.29, 0.717) is 12.1 Å². The number of benzene rings is 1. The Labute approximate surface area is 127 Å². The van der Waals surface area contributed by atoms with Gasteiger partial charge in [0.1, 0.15) is 0 Å². The predicted molar refractivity (Wildman–Crippen MR) is 80.7 cm³/mol. The van der Waals surface area contributed by atoms with Crippen molar-refractivity contribution in [3.8, 4) is 0 Å². The lowest BCUT2D eigenvalue weighted by Gasteiger charge is -2.18. The molecule has 0 aliphatic carbocycles. The van der Waals surface area contributed by atoms with E-state index in [-0.39, 0.29) is 28.5 Å². The van der Waals surface area contributed by atoms with Crippen LogP contribution in [-0.2, 0) is 10.0 Å². The Balaban J connectivity index is 1.80. The van der Waals surface area contributed by atoms with E-state index in [1.807, 2.05) is 13.8 Å². The van der Waals surface area contributed by atoms with Gasteiger partial charge < -0.3 is 4.42 Å². The maximum absolute atomic E-state index is 12.4. The van der Waals surface area contributed by atoms with Crippen LogP contribution in [0.1, 0.15) is 13.8 Å². The maximum atomic E-state index is 12.4. The molecule has 4 N–H and O–H groups in total. The lowest BCUT2D eigenvalue weighted by Crippen LogP contribution is -2.37. The zero-order chi connectivity index (χ0) is 15.9. The van der Waals surface area contributed by atoms with E-state index in [2.05, 4.69) is 20.6 Å². The second-order valence-electron chi connectivity index (χ2n) is 5.55. The molecule has 1 aromatic carbocycles. The monoisotopic (exact) mass is 326 g/mol. The minimum Gasteiger partial charge on any atom is -0.408 e. The molecule has 9 heteroatoms. The number of H-pyrrole nitrogens is 1. The smallest absolute Gasteiger partial charge is 0.408 e. The number of oxazole rings is 1. The topological polar surface area (TPSA) is 116 Å². The summed E-state index contributed by atoms with van der Waals surface area (Å²) in [6.07, 6.45) is 0. The Morgan fingerprint density at radius 3 is 2.59 bits per heavy atom. The summed E-state index contributed by atoms with van der Waals surface area (Å²) < 4.78 is 32.2. The van der Waals surface area contributed by atoms with Crippen LogP contribution in [-0.4, -0.2) is 32.0 Å². The quantitative estimate of drug-likeness (QED) is 0.623. The van der Waals surface area contributed by atoms with Crippen LogP contribution in [0.15, 0.2) is 32.3 Å². The first-order valence-corrected chi connectivity index (χ1v) is 8.49. The van der Waals surface area contributed by atoms with Crippen LogP contribution < -0.4 is 21.3 Å². The Kier molecular flexibility index (Phi) is 3.81. The van der Waals surface area contributed by atoms with Gasteiger partial charge in [-0.2, -0.15) is 0 Å². The molecule has 0 bridgehead atoms. The van der Waals surface area contributed by atoms with Crippen LogP contribution in [0, 0.1) is 5.92 Å². The van der Waals surface area contributed by atoms with E-state index in [1.165, 1.54) is 18.2 Å². The van der Waals surface area contributed by atoms with E-state index in [0.717, 1.165) is 0 Å². The average molecular weight is 326 g/mol. The second-order valence-corrected chi connectivity index (χ2v) is 7.32. The van der Waals surface area contributed by atoms with Gasteiger partial charge in [-0.3, -0.25) is 15.8 Å². The molecule has 8 nitrogen and oxygen atoms in total. The molecule has 3 rings (SSSR count). The lowest BCUT2D eigenvalue weighted by molar-refractivity contribution is 0.437. The zero-order valence-corrected chi connectivity index (χ0v) is 13.0. The number of rotatable bonds is 4. The number of hydrazine groups is 1. The summed E-state index contributed by atoms with van der Waals surface area (Å²) in [6.45, 7) is 4.31. The van der Waals surface area contributed by atoms with Crippen molar-refractivity contribution in [3.05, 3.63) is 28.7 Å². The van der Waals surface area contributed by atoms with Crippen LogP contribution in [0.3, 0.4) is 0 Å². The summed E-state index contributed by atoms with van der Waals surface area (Å²) in [7, 11) is -3.66. The zero-order valence-electron chi connectivity index (χ0n) is 12.2. The van der Waals surface area contributed by atoms with Gasteiger partial charge in [-0.15, -0.1) is 0 Å². The van der Waals surface area contributed by atoms with Crippen LogP contribution >= 0.6 is 0 Å². The standard InChI is InChI=1S/C13H18N4O4S/c1-7-10(8(2)17-16-7)6-14-22(19,20)9-3-4-11-12(5-9)21-13(18)15-11/h3-5,7-8,10,14,16-17H,6H2,1-2H3,(H,15,18). The number of sulfonamides is 1. The Morgan fingerprint density at radius 1 is 1.23 bits per heavy atom. The van der Waals surface area contributed by atoms with Crippen LogP contribution in [0.4, 0.5) is 0 Å². The van der Waals surface area contributed by atoms with Gasteiger partial charge in [-0.25, -0.2) is 17.9 Å². The third-order valence-electron chi connectivity index (χ3n) is 4.03. The summed E-state index contributed by atoms with van der Waals surface area (Å²) in [4.78, 5) is 13.7. The SMILES string of the molecule is CC1NNC(C)C1CNS(=O)(=O)c1ccc2[nH]c(=O)oc2c1. The first-order chi connectivity index (χ1) is 10.4. The van der Waals surface area contributed by atoms with Crippen molar-refractivity contribution in [2.45, 2.75) is 30.8 Å². The van der Waals surface area contributed by atoms with E-state index in [9.17, 15) is 13.2 Å². The van der Waals surface area contributed by atoms with Crippen LogP contribution in [0.5, 0.6) is 0 Å². The normalized spacial score (nSPS) is 25.8. The van der Waals surface area contributed by atoms with Gasteiger partial charge in [-0.05, 0) is 26.0 Å². The minimum atomic E-state index is -3.66. The molecule has 1 aliphatic rings. The number of nitrogens with one attached hydrogen (secondary N) is 4. The molecular weight excluding hydrogens is 308 g/mol. The molecule has 2 aromatic rings. The summed E-state index contributed by atoms with van der Waals surface area (Å²) in [5.74, 6) is -0.466. The molecule has 2 atom stereocenters. The van der Waals surface area contributed by atoms with Crippen molar-refractivity contribution in [3.63, 3.8) is 0 Å². The second kappa shape index (κ2) is 5.51. The number of hydrogen-bond acceptors (Lipinski definition) is 6. The fourth-order valence-electron chi connectivity index (χ4n) is 2.65. The highest BCUT2D eigenvalue weighted by Gasteiger charge is 2.30. The summed E-state index contributed by atoms with van der Waals surface area (Å²) >= 11 is 0. The molecular formula is C13H18N4O4S. The van der Waals surface area contributed by atoms with Crippen LogP contribution in [0.25, 0.3) is 11.1 Å².